The molecule has 114 valence electrons. The quantitative estimate of drug-likeness (QED) is 0.510. The van der Waals surface area contributed by atoms with Crippen molar-refractivity contribution in [2.75, 3.05) is 0 Å². The van der Waals surface area contributed by atoms with Gasteiger partial charge in [-0.2, -0.15) is 0 Å². The average Bonchev–Trinajstić information content (AvgIpc) is 2.56. The Hall–Kier alpha value is -3.01. The summed E-state index contributed by atoms with van der Waals surface area (Å²) < 4.78 is 31.9. The molecule has 23 heavy (non-hydrogen) atoms. The van der Waals surface area contributed by atoms with E-state index >= 15 is 0 Å². The molecule has 0 aromatic heterocycles. The molecule has 0 radical (unpaired) electrons. The fraction of sp³-hybridized carbons (Fsp3) is 0. The smallest absolute Gasteiger partial charge is 0.346 e. The standard InChI is InChI=1S/C19H12F2O2/c20-14-10-11-16(17(21)12-14)19(22)23-18-9-5-4-8-15(18)13-6-2-1-3-7-13/h1-12H. The maximum Gasteiger partial charge on any atom is 0.346 e. The van der Waals surface area contributed by atoms with Gasteiger partial charge in [-0.1, -0.05) is 48.5 Å². The molecule has 0 fully saturated rings. The maximum absolute atomic E-state index is 13.7. The van der Waals surface area contributed by atoms with Crippen molar-refractivity contribution in [3.8, 4) is 16.9 Å². The van der Waals surface area contributed by atoms with Crippen LogP contribution in [0.3, 0.4) is 0 Å². The Labute approximate surface area is 132 Å². The zero-order chi connectivity index (χ0) is 16.2. The summed E-state index contributed by atoms with van der Waals surface area (Å²) in [6, 6.07) is 19.1. The van der Waals surface area contributed by atoms with Crippen molar-refractivity contribution in [1.82, 2.24) is 0 Å². The number of hydrogen-bond acceptors (Lipinski definition) is 2. The van der Waals surface area contributed by atoms with E-state index in [9.17, 15) is 13.6 Å². The highest BCUT2D eigenvalue weighted by Gasteiger charge is 2.16. The Morgan fingerprint density at radius 3 is 2.26 bits per heavy atom. The van der Waals surface area contributed by atoms with Gasteiger partial charge >= 0.3 is 5.97 Å². The molecule has 0 aliphatic rings. The highest BCUT2D eigenvalue weighted by molar-refractivity contribution is 5.92. The highest BCUT2D eigenvalue weighted by atomic mass is 19.1. The number of hydrogen-bond donors (Lipinski definition) is 0. The number of ether oxygens (including phenoxy) is 1. The van der Waals surface area contributed by atoms with Crippen LogP contribution >= 0.6 is 0 Å². The van der Waals surface area contributed by atoms with Crippen molar-refractivity contribution in [3.05, 3.63) is 90.0 Å². The predicted molar refractivity (Wildman–Crippen MR) is 83.2 cm³/mol. The van der Waals surface area contributed by atoms with E-state index in [0.717, 1.165) is 17.7 Å². The zero-order valence-corrected chi connectivity index (χ0v) is 12.0. The minimum absolute atomic E-state index is 0.311. The summed E-state index contributed by atoms with van der Waals surface area (Å²) >= 11 is 0. The summed E-state index contributed by atoms with van der Waals surface area (Å²) in [5.41, 5.74) is 1.27. The van der Waals surface area contributed by atoms with E-state index in [4.69, 9.17) is 4.74 Å². The van der Waals surface area contributed by atoms with Crippen molar-refractivity contribution in [2.24, 2.45) is 0 Å². The lowest BCUT2D eigenvalue weighted by molar-refractivity contribution is 0.0730. The van der Waals surface area contributed by atoms with Gasteiger partial charge in [-0.15, -0.1) is 0 Å². The number of esters is 1. The Bertz CT molecular complexity index is 845. The summed E-state index contributed by atoms with van der Waals surface area (Å²) in [6.07, 6.45) is 0. The Kier molecular flexibility index (Phi) is 4.15. The van der Waals surface area contributed by atoms with E-state index in [1.165, 1.54) is 0 Å². The molecular formula is C19H12F2O2. The van der Waals surface area contributed by atoms with Crippen LogP contribution < -0.4 is 4.74 Å². The molecule has 0 unspecified atom stereocenters. The first-order chi connectivity index (χ1) is 11.1. The molecule has 0 aliphatic carbocycles. The lowest BCUT2D eigenvalue weighted by atomic mass is 10.0. The molecule has 0 saturated carbocycles. The van der Waals surface area contributed by atoms with E-state index in [1.54, 1.807) is 18.2 Å². The third kappa shape index (κ3) is 3.26. The van der Waals surface area contributed by atoms with Crippen LogP contribution in [0.2, 0.25) is 0 Å². The minimum atomic E-state index is -0.952. The molecule has 0 bridgehead atoms. The van der Waals surface area contributed by atoms with Crippen molar-refractivity contribution in [2.45, 2.75) is 0 Å². The third-order valence-electron chi connectivity index (χ3n) is 3.33. The van der Waals surface area contributed by atoms with Gasteiger partial charge in [-0.05, 0) is 23.8 Å². The van der Waals surface area contributed by atoms with Gasteiger partial charge in [0.1, 0.15) is 17.4 Å². The first kappa shape index (κ1) is 14.9. The largest absolute Gasteiger partial charge is 0.422 e. The molecule has 0 spiro atoms. The lowest BCUT2D eigenvalue weighted by Crippen LogP contribution is -2.11. The third-order valence-corrected chi connectivity index (χ3v) is 3.33. The van der Waals surface area contributed by atoms with Gasteiger partial charge in [0.25, 0.3) is 0 Å². The van der Waals surface area contributed by atoms with E-state index in [-0.39, 0.29) is 5.56 Å². The number of para-hydroxylation sites is 1. The average molecular weight is 310 g/mol. The second-order valence-electron chi connectivity index (χ2n) is 4.88. The van der Waals surface area contributed by atoms with Crippen LogP contribution in [0.25, 0.3) is 11.1 Å². The van der Waals surface area contributed by atoms with Crippen molar-refractivity contribution in [3.63, 3.8) is 0 Å². The van der Waals surface area contributed by atoms with Gasteiger partial charge in [-0.3, -0.25) is 0 Å². The number of rotatable bonds is 3. The second kappa shape index (κ2) is 6.40. The minimum Gasteiger partial charge on any atom is -0.422 e. The molecule has 4 heteroatoms. The van der Waals surface area contributed by atoms with Crippen LogP contribution in [-0.4, -0.2) is 5.97 Å². The number of halogens is 2. The fourth-order valence-electron chi connectivity index (χ4n) is 2.22. The second-order valence-corrected chi connectivity index (χ2v) is 4.88. The summed E-state index contributed by atoms with van der Waals surface area (Å²) in [4.78, 5) is 12.1. The Morgan fingerprint density at radius 1 is 0.826 bits per heavy atom. The summed E-state index contributed by atoms with van der Waals surface area (Å²) in [5.74, 6) is -2.26. The van der Waals surface area contributed by atoms with Crippen LogP contribution in [0.15, 0.2) is 72.8 Å². The van der Waals surface area contributed by atoms with Crippen molar-refractivity contribution < 1.29 is 18.3 Å². The predicted octanol–water partition coefficient (Wildman–Crippen LogP) is 4.85. The number of benzene rings is 3. The molecular weight excluding hydrogens is 298 g/mol. The van der Waals surface area contributed by atoms with E-state index in [1.807, 2.05) is 36.4 Å². The van der Waals surface area contributed by atoms with Gasteiger partial charge in [-0.25, -0.2) is 13.6 Å². The van der Waals surface area contributed by atoms with E-state index < -0.39 is 17.6 Å². The Balaban J connectivity index is 1.93. The first-order valence-corrected chi connectivity index (χ1v) is 6.97. The monoisotopic (exact) mass is 310 g/mol. The van der Waals surface area contributed by atoms with Crippen molar-refractivity contribution in [1.29, 1.82) is 0 Å². The molecule has 0 saturated heterocycles. The van der Waals surface area contributed by atoms with Crippen LogP contribution in [0.4, 0.5) is 8.78 Å². The Morgan fingerprint density at radius 2 is 1.52 bits per heavy atom. The van der Waals surface area contributed by atoms with E-state index in [2.05, 4.69) is 0 Å². The maximum atomic E-state index is 13.7. The van der Waals surface area contributed by atoms with Gasteiger partial charge in [0, 0.05) is 11.6 Å². The highest BCUT2D eigenvalue weighted by Crippen LogP contribution is 2.30. The van der Waals surface area contributed by atoms with Gasteiger partial charge < -0.3 is 4.74 Å². The number of carbonyl (C=O) groups is 1. The van der Waals surface area contributed by atoms with Gasteiger partial charge in [0.15, 0.2) is 0 Å². The van der Waals surface area contributed by atoms with Crippen LogP contribution in [-0.2, 0) is 0 Å². The van der Waals surface area contributed by atoms with Gasteiger partial charge in [0.2, 0.25) is 0 Å². The van der Waals surface area contributed by atoms with E-state index in [0.29, 0.717) is 17.4 Å². The van der Waals surface area contributed by atoms with Gasteiger partial charge in [0.05, 0.1) is 5.56 Å². The molecule has 3 rings (SSSR count). The molecule has 0 amide bonds. The molecule has 3 aromatic carbocycles. The summed E-state index contributed by atoms with van der Waals surface area (Å²) in [7, 11) is 0. The fourth-order valence-corrected chi connectivity index (χ4v) is 2.22. The summed E-state index contributed by atoms with van der Waals surface area (Å²) in [5, 5.41) is 0. The molecule has 0 N–H and O–H groups in total. The normalized spacial score (nSPS) is 10.3. The molecule has 0 atom stereocenters. The number of carbonyl (C=O) groups excluding carboxylic acids is 1. The zero-order valence-electron chi connectivity index (χ0n) is 12.0. The van der Waals surface area contributed by atoms with Crippen LogP contribution in [0, 0.1) is 11.6 Å². The van der Waals surface area contributed by atoms with Crippen LogP contribution in [0.1, 0.15) is 10.4 Å². The van der Waals surface area contributed by atoms with Crippen LogP contribution in [0.5, 0.6) is 5.75 Å². The van der Waals surface area contributed by atoms with Crippen molar-refractivity contribution >= 4 is 5.97 Å². The molecule has 0 aliphatic heterocycles. The molecule has 0 heterocycles. The topological polar surface area (TPSA) is 26.3 Å². The molecule has 2 nitrogen and oxygen atoms in total. The summed E-state index contributed by atoms with van der Waals surface area (Å²) in [6.45, 7) is 0. The lowest BCUT2D eigenvalue weighted by Gasteiger charge is -2.10. The molecule has 3 aromatic rings. The SMILES string of the molecule is O=C(Oc1ccccc1-c1ccccc1)c1ccc(F)cc1F. The first-order valence-electron chi connectivity index (χ1n) is 6.97.